The fourth-order valence-electron chi connectivity index (χ4n) is 2.45. The van der Waals surface area contributed by atoms with E-state index in [1.165, 1.54) is 0 Å². The number of aliphatic carboxylic acids is 2. The van der Waals surface area contributed by atoms with Crippen LogP contribution in [0.1, 0.15) is 39.0 Å². The maximum absolute atomic E-state index is 11.1. The molecule has 1 atom stereocenters. The molecule has 1 aliphatic carbocycles. The van der Waals surface area contributed by atoms with Crippen LogP contribution in [0, 0.1) is 11.3 Å². The van der Waals surface area contributed by atoms with Crippen LogP contribution in [0.15, 0.2) is 0 Å². The second-order valence-electron chi connectivity index (χ2n) is 3.93. The van der Waals surface area contributed by atoms with E-state index >= 15 is 0 Å². The molecule has 0 aromatic carbocycles. The number of carbonyl (C=O) groups is 2. The molecule has 0 amide bonds. The Bertz CT molecular complexity index is 233. The van der Waals surface area contributed by atoms with Crippen LogP contribution >= 0.6 is 0 Å². The fraction of sp³-hybridized carbons (Fsp3) is 0.800. The van der Waals surface area contributed by atoms with Crippen LogP contribution in [0.4, 0.5) is 0 Å². The van der Waals surface area contributed by atoms with Gasteiger partial charge in [0, 0.05) is 0 Å². The highest BCUT2D eigenvalue weighted by atomic mass is 16.4. The van der Waals surface area contributed by atoms with Crippen molar-refractivity contribution in [3.8, 4) is 0 Å². The quantitative estimate of drug-likeness (QED) is 0.680. The van der Waals surface area contributed by atoms with E-state index in [1.54, 1.807) is 0 Å². The van der Waals surface area contributed by atoms with Crippen molar-refractivity contribution in [3.63, 3.8) is 0 Å². The van der Waals surface area contributed by atoms with E-state index in [2.05, 4.69) is 0 Å². The minimum atomic E-state index is -1.52. The largest absolute Gasteiger partial charge is 0.480 e. The van der Waals surface area contributed by atoms with Crippen molar-refractivity contribution in [1.82, 2.24) is 0 Å². The van der Waals surface area contributed by atoms with E-state index in [0.29, 0.717) is 12.8 Å². The summed E-state index contributed by atoms with van der Waals surface area (Å²) in [6, 6.07) is 0. The Labute approximate surface area is 82.9 Å². The van der Waals surface area contributed by atoms with Crippen LogP contribution in [0.3, 0.4) is 0 Å². The molecule has 0 heterocycles. The van der Waals surface area contributed by atoms with Crippen molar-refractivity contribution in [1.29, 1.82) is 0 Å². The molecule has 0 spiro atoms. The minimum Gasteiger partial charge on any atom is -0.480 e. The van der Waals surface area contributed by atoms with Gasteiger partial charge in [-0.3, -0.25) is 9.59 Å². The third kappa shape index (κ3) is 1.49. The summed E-state index contributed by atoms with van der Waals surface area (Å²) in [7, 11) is 0. The molecule has 0 bridgehead atoms. The first-order valence-corrected chi connectivity index (χ1v) is 5.02. The summed E-state index contributed by atoms with van der Waals surface area (Å²) >= 11 is 0. The highest BCUT2D eigenvalue weighted by molar-refractivity contribution is 5.98. The molecule has 80 valence electrons. The second-order valence-corrected chi connectivity index (χ2v) is 3.93. The molecule has 1 aliphatic rings. The van der Waals surface area contributed by atoms with Crippen molar-refractivity contribution in [3.05, 3.63) is 0 Å². The molecule has 1 rings (SSSR count). The number of rotatable bonds is 3. The maximum Gasteiger partial charge on any atom is 0.321 e. The summed E-state index contributed by atoms with van der Waals surface area (Å²) in [5.74, 6) is -2.56. The Morgan fingerprint density at radius 3 is 2.21 bits per heavy atom. The van der Waals surface area contributed by atoms with E-state index in [0.717, 1.165) is 12.8 Å². The predicted molar refractivity (Wildman–Crippen MR) is 50.0 cm³/mol. The van der Waals surface area contributed by atoms with Gasteiger partial charge in [-0.15, -0.1) is 0 Å². The van der Waals surface area contributed by atoms with E-state index in [1.807, 2.05) is 6.92 Å². The Kier molecular flexibility index (Phi) is 3.13. The molecule has 1 saturated carbocycles. The van der Waals surface area contributed by atoms with Gasteiger partial charge in [0.25, 0.3) is 0 Å². The van der Waals surface area contributed by atoms with Gasteiger partial charge in [0.15, 0.2) is 5.41 Å². The van der Waals surface area contributed by atoms with Crippen molar-refractivity contribution in [2.45, 2.75) is 39.0 Å². The molecular formula is C10H16O4. The molecule has 0 radical (unpaired) electrons. The molecule has 0 saturated heterocycles. The van der Waals surface area contributed by atoms with Gasteiger partial charge >= 0.3 is 11.9 Å². The van der Waals surface area contributed by atoms with E-state index in [-0.39, 0.29) is 12.3 Å². The lowest BCUT2D eigenvalue weighted by Crippen LogP contribution is -2.47. The molecular weight excluding hydrogens is 184 g/mol. The lowest BCUT2D eigenvalue weighted by Gasteiger charge is -2.36. The third-order valence-corrected chi connectivity index (χ3v) is 3.33. The van der Waals surface area contributed by atoms with Gasteiger partial charge in [0.1, 0.15) is 0 Å². The summed E-state index contributed by atoms with van der Waals surface area (Å²) in [5, 5.41) is 18.2. The smallest absolute Gasteiger partial charge is 0.321 e. The van der Waals surface area contributed by atoms with Gasteiger partial charge < -0.3 is 10.2 Å². The Hall–Kier alpha value is -1.06. The minimum absolute atomic E-state index is 0.216. The zero-order valence-corrected chi connectivity index (χ0v) is 8.32. The van der Waals surface area contributed by atoms with Crippen LogP contribution in [0.25, 0.3) is 0 Å². The average molecular weight is 200 g/mol. The van der Waals surface area contributed by atoms with Gasteiger partial charge in [-0.2, -0.15) is 0 Å². The van der Waals surface area contributed by atoms with E-state index in [4.69, 9.17) is 10.2 Å². The molecule has 1 fully saturated rings. The Morgan fingerprint density at radius 2 is 1.86 bits per heavy atom. The normalized spacial score (nSPS) is 25.6. The highest BCUT2D eigenvalue weighted by Crippen LogP contribution is 2.43. The van der Waals surface area contributed by atoms with Gasteiger partial charge in [-0.05, 0) is 18.8 Å². The number of carboxylic acid groups (broad SMARTS) is 2. The topological polar surface area (TPSA) is 74.6 Å². The molecule has 0 aromatic heterocycles. The standard InChI is InChI=1S/C10H16O4/c1-2-7-5-3-4-6-10(7,8(11)12)9(13)14/h7H,2-6H2,1H3,(H,11,12)(H,13,14). The van der Waals surface area contributed by atoms with Crippen molar-refractivity contribution >= 4 is 11.9 Å². The molecule has 0 aromatic rings. The van der Waals surface area contributed by atoms with Crippen LogP contribution in [0.5, 0.6) is 0 Å². The Balaban J connectivity index is 3.03. The van der Waals surface area contributed by atoms with Gasteiger partial charge in [0.2, 0.25) is 0 Å². The number of carboxylic acids is 2. The van der Waals surface area contributed by atoms with Crippen LogP contribution < -0.4 is 0 Å². The van der Waals surface area contributed by atoms with Crippen LogP contribution in [-0.2, 0) is 9.59 Å². The third-order valence-electron chi connectivity index (χ3n) is 3.33. The van der Waals surface area contributed by atoms with E-state index < -0.39 is 17.4 Å². The lowest BCUT2D eigenvalue weighted by molar-refractivity contribution is -0.172. The van der Waals surface area contributed by atoms with Crippen molar-refractivity contribution in [2.24, 2.45) is 11.3 Å². The van der Waals surface area contributed by atoms with Gasteiger partial charge in [0.05, 0.1) is 0 Å². The molecule has 0 aliphatic heterocycles. The predicted octanol–water partition coefficient (Wildman–Crippen LogP) is 1.74. The summed E-state index contributed by atoms with van der Waals surface area (Å²) in [6.07, 6.45) is 3.26. The van der Waals surface area contributed by atoms with Crippen molar-refractivity contribution < 1.29 is 19.8 Å². The number of hydrogen-bond donors (Lipinski definition) is 2. The first-order valence-electron chi connectivity index (χ1n) is 5.02. The first-order chi connectivity index (χ1) is 6.55. The molecule has 1 unspecified atom stereocenters. The monoisotopic (exact) mass is 200 g/mol. The van der Waals surface area contributed by atoms with Crippen molar-refractivity contribution in [2.75, 3.05) is 0 Å². The molecule has 14 heavy (non-hydrogen) atoms. The zero-order valence-electron chi connectivity index (χ0n) is 8.32. The van der Waals surface area contributed by atoms with Crippen LogP contribution in [0.2, 0.25) is 0 Å². The fourth-order valence-corrected chi connectivity index (χ4v) is 2.45. The SMILES string of the molecule is CCC1CCCCC1(C(=O)O)C(=O)O. The second kappa shape index (κ2) is 3.98. The van der Waals surface area contributed by atoms with Crippen LogP contribution in [-0.4, -0.2) is 22.2 Å². The molecule has 4 nitrogen and oxygen atoms in total. The zero-order chi connectivity index (χ0) is 10.8. The molecule has 4 heteroatoms. The Morgan fingerprint density at radius 1 is 1.29 bits per heavy atom. The summed E-state index contributed by atoms with van der Waals surface area (Å²) in [6.45, 7) is 1.86. The summed E-state index contributed by atoms with van der Waals surface area (Å²) in [5.41, 5.74) is -1.52. The van der Waals surface area contributed by atoms with Gasteiger partial charge in [-0.1, -0.05) is 26.2 Å². The highest BCUT2D eigenvalue weighted by Gasteiger charge is 2.52. The lowest BCUT2D eigenvalue weighted by atomic mass is 9.65. The number of hydrogen-bond acceptors (Lipinski definition) is 2. The first kappa shape index (κ1) is 11.0. The maximum atomic E-state index is 11.1. The molecule has 2 N–H and O–H groups in total. The average Bonchev–Trinajstić information content (AvgIpc) is 2.16. The summed E-state index contributed by atoms with van der Waals surface area (Å²) < 4.78 is 0. The van der Waals surface area contributed by atoms with E-state index in [9.17, 15) is 9.59 Å². The summed E-state index contributed by atoms with van der Waals surface area (Å²) in [4.78, 5) is 22.2. The van der Waals surface area contributed by atoms with Gasteiger partial charge in [-0.25, -0.2) is 0 Å².